The van der Waals surface area contributed by atoms with E-state index in [-0.39, 0.29) is 24.3 Å². The molecule has 6 nitrogen and oxygen atoms in total. The van der Waals surface area contributed by atoms with Crippen LogP contribution in [0, 0.1) is 5.92 Å². The Hall–Kier alpha value is -1.69. The summed E-state index contributed by atoms with van der Waals surface area (Å²) in [5.74, 6) is -0.257. The van der Waals surface area contributed by atoms with Crippen LogP contribution >= 0.6 is 0 Å². The van der Waals surface area contributed by atoms with Gasteiger partial charge in [0.1, 0.15) is 0 Å². The zero-order chi connectivity index (χ0) is 12.3. The predicted octanol–water partition coefficient (Wildman–Crippen LogP) is 0.574. The highest BCUT2D eigenvalue weighted by molar-refractivity contribution is 5.67. The molecule has 4 N–H and O–H groups in total. The molecule has 1 aliphatic heterocycles. The van der Waals surface area contributed by atoms with Crippen LogP contribution in [0.4, 0.5) is 5.95 Å². The highest BCUT2D eigenvalue weighted by Crippen LogP contribution is 2.28. The molecule has 2 atom stereocenters. The molecule has 0 aliphatic carbocycles. The first-order valence-corrected chi connectivity index (χ1v) is 5.67. The number of nitrogens with zero attached hydrogens (tertiary/aromatic N) is 2. The predicted molar refractivity (Wildman–Crippen MR) is 62.2 cm³/mol. The van der Waals surface area contributed by atoms with E-state index < -0.39 is 5.97 Å². The van der Waals surface area contributed by atoms with Crippen LogP contribution in [0.15, 0.2) is 12.4 Å². The minimum atomic E-state index is -0.732. The third-order valence-corrected chi connectivity index (χ3v) is 3.07. The number of nitrogen functional groups attached to an aromatic ring is 1. The molecule has 0 amide bonds. The number of nitrogens with two attached hydrogens (primary N) is 1. The quantitative estimate of drug-likeness (QED) is 0.709. The second-order valence-corrected chi connectivity index (χ2v) is 4.37. The maximum atomic E-state index is 10.7. The third-order valence-electron chi connectivity index (χ3n) is 3.07. The highest BCUT2D eigenvalue weighted by Gasteiger charge is 2.24. The first kappa shape index (κ1) is 11.8. The Kier molecular flexibility index (Phi) is 3.53. The molecule has 0 bridgehead atoms. The standard InChI is InChI=1S/C11H16N4O2/c12-11-14-5-8(6-15-11)9-3-7(1-2-13-9)4-10(16)17/h5-7,9,13H,1-4H2,(H,16,17)(H2,12,14,15). The van der Waals surface area contributed by atoms with E-state index in [0.717, 1.165) is 24.9 Å². The van der Waals surface area contributed by atoms with E-state index in [9.17, 15) is 4.79 Å². The molecule has 92 valence electrons. The fourth-order valence-electron chi connectivity index (χ4n) is 2.21. The molecule has 0 saturated carbocycles. The summed E-state index contributed by atoms with van der Waals surface area (Å²) in [7, 11) is 0. The number of aromatic nitrogens is 2. The average Bonchev–Trinajstić information content (AvgIpc) is 2.29. The summed E-state index contributed by atoms with van der Waals surface area (Å²) in [4.78, 5) is 18.6. The summed E-state index contributed by atoms with van der Waals surface area (Å²) in [6, 6.07) is 0.133. The van der Waals surface area contributed by atoms with Gasteiger partial charge in [0.15, 0.2) is 0 Å². The minimum absolute atomic E-state index is 0.133. The lowest BCUT2D eigenvalue weighted by Crippen LogP contribution is -2.32. The Bertz CT molecular complexity index is 393. The fourth-order valence-corrected chi connectivity index (χ4v) is 2.21. The maximum Gasteiger partial charge on any atom is 0.303 e. The van der Waals surface area contributed by atoms with Crippen molar-refractivity contribution in [1.82, 2.24) is 15.3 Å². The van der Waals surface area contributed by atoms with E-state index in [0.29, 0.717) is 0 Å². The van der Waals surface area contributed by atoms with Crippen LogP contribution in [0.25, 0.3) is 0 Å². The van der Waals surface area contributed by atoms with Crippen LogP contribution in [0.5, 0.6) is 0 Å². The Balaban J connectivity index is 2.01. The first-order chi connectivity index (χ1) is 8.15. The van der Waals surface area contributed by atoms with Crippen molar-refractivity contribution in [1.29, 1.82) is 0 Å². The van der Waals surface area contributed by atoms with Gasteiger partial charge in [0.2, 0.25) is 5.95 Å². The van der Waals surface area contributed by atoms with E-state index >= 15 is 0 Å². The van der Waals surface area contributed by atoms with Crippen molar-refractivity contribution in [3.05, 3.63) is 18.0 Å². The van der Waals surface area contributed by atoms with Gasteiger partial charge in [0.05, 0.1) is 0 Å². The van der Waals surface area contributed by atoms with Gasteiger partial charge in [-0.15, -0.1) is 0 Å². The van der Waals surface area contributed by atoms with Crippen molar-refractivity contribution in [2.75, 3.05) is 12.3 Å². The van der Waals surface area contributed by atoms with Crippen molar-refractivity contribution in [3.8, 4) is 0 Å². The van der Waals surface area contributed by atoms with Crippen molar-refractivity contribution < 1.29 is 9.90 Å². The Morgan fingerprint density at radius 3 is 2.88 bits per heavy atom. The number of carboxylic acids is 1. The minimum Gasteiger partial charge on any atom is -0.481 e. The van der Waals surface area contributed by atoms with Crippen LogP contribution in [0.3, 0.4) is 0 Å². The molecular weight excluding hydrogens is 220 g/mol. The number of nitrogens with one attached hydrogen (secondary N) is 1. The molecule has 2 heterocycles. The number of hydrogen-bond donors (Lipinski definition) is 3. The lowest BCUT2D eigenvalue weighted by molar-refractivity contribution is -0.138. The molecule has 2 rings (SSSR count). The molecule has 6 heteroatoms. The number of hydrogen-bond acceptors (Lipinski definition) is 5. The molecule has 2 unspecified atom stereocenters. The van der Waals surface area contributed by atoms with Gasteiger partial charge in [-0.05, 0) is 25.3 Å². The Morgan fingerprint density at radius 1 is 1.53 bits per heavy atom. The van der Waals surface area contributed by atoms with Crippen molar-refractivity contribution in [2.45, 2.75) is 25.3 Å². The molecule has 0 radical (unpaired) electrons. The van der Waals surface area contributed by atoms with Gasteiger partial charge >= 0.3 is 5.97 Å². The molecule has 17 heavy (non-hydrogen) atoms. The van der Waals surface area contributed by atoms with Crippen LogP contribution in [0.1, 0.15) is 30.9 Å². The summed E-state index contributed by atoms with van der Waals surface area (Å²) < 4.78 is 0. The number of rotatable bonds is 3. The normalized spacial score (nSPS) is 24.5. The first-order valence-electron chi connectivity index (χ1n) is 5.67. The number of carbonyl (C=O) groups is 1. The SMILES string of the molecule is Nc1ncc(C2CC(CC(=O)O)CCN2)cn1. The fraction of sp³-hybridized carbons (Fsp3) is 0.545. The smallest absolute Gasteiger partial charge is 0.303 e. The van der Waals surface area contributed by atoms with Gasteiger partial charge < -0.3 is 16.2 Å². The highest BCUT2D eigenvalue weighted by atomic mass is 16.4. The number of anilines is 1. The monoisotopic (exact) mass is 236 g/mol. The lowest BCUT2D eigenvalue weighted by Gasteiger charge is -2.29. The van der Waals surface area contributed by atoms with Crippen LogP contribution in [-0.4, -0.2) is 27.6 Å². The van der Waals surface area contributed by atoms with Gasteiger partial charge in [-0.25, -0.2) is 9.97 Å². The van der Waals surface area contributed by atoms with Gasteiger partial charge in [0, 0.05) is 30.4 Å². The summed E-state index contributed by atoms with van der Waals surface area (Å²) in [5.41, 5.74) is 6.40. The maximum absolute atomic E-state index is 10.7. The van der Waals surface area contributed by atoms with Crippen LogP contribution < -0.4 is 11.1 Å². The Morgan fingerprint density at radius 2 is 2.24 bits per heavy atom. The largest absolute Gasteiger partial charge is 0.481 e. The summed E-state index contributed by atoms with van der Waals surface area (Å²) >= 11 is 0. The molecule has 1 aromatic rings. The molecule has 1 fully saturated rings. The topological polar surface area (TPSA) is 101 Å². The molecule has 0 spiro atoms. The molecule has 1 aliphatic rings. The average molecular weight is 236 g/mol. The second-order valence-electron chi connectivity index (χ2n) is 4.37. The van der Waals surface area contributed by atoms with E-state index in [1.54, 1.807) is 12.4 Å². The zero-order valence-corrected chi connectivity index (χ0v) is 9.47. The van der Waals surface area contributed by atoms with E-state index in [2.05, 4.69) is 15.3 Å². The molecule has 1 aromatic heterocycles. The van der Waals surface area contributed by atoms with Gasteiger partial charge in [-0.3, -0.25) is 4.79 Å². The Labute approximate surface area is 99.3 Å². The number of aliphatic carboxylic acids is 1. The zero-order valence-electron chi connectivity index (χ0n) is 9.47. The molecular formula is C11H16N4O2. The van der Waals surface area contributed by atoms with Crippen LogP contribution in [0.2, 0.25) is 0 Å². The van der Waals surface area contributed by atoms with E-state index in [4.69, 9.17) is 10.8 Å². The lowest BCUT2D eigenvalue weighted by atomic mass is 9.87. The van der Waals surface area contributed by atoms with Crippen molar-refractivity contribution in [3.63, 3.8) is 0 Å². The third kappa shape index (κ3) is 3.13. The summed E-state index contributed by atoms with van der Waals surface area (Å²) in [6.45, 7) is 0.826. The van der Waals surface area contributed by atoms with E-state index in [1.165, 1.54) is 0 Å². The van der Waals surface area contributed by atoms with Gasteiger partial charge in [-0.2, -0.15) is 0 Å². The number of carboxylic acid groups (broad SMARTS) is 1. The van der Waals surface area contributed by atoms with Gasteiger partial charge in [-0.1, -0.05) is 0 Å². The second kappa shape index (κ2) is 5.09. The summed E-state index contributed by atoms with van der Waals surface area (Å²) in [5, 5.41) is 12.1. The van der Waals surface area contributed by atoms with Crippen LogP contribution in [-0.2, 0) is 4.79 Å². The summed E-state index contributed by atoms with van der Waals surface area (Å²) in [6.07, 6.45) is 5.33. The van der Waals surface area contributed by atoms with E-state index in [1.807, 2.05) is 0 Å². The number of piperidine rings is 1. The van der Waals surface area contributed by atoms with Gasteiger partial charge in [0.25, 0.3) is 0 Å². The molecule has 1 saturated heterocycles. The van der Waals surface area contributed by atoms with Crippen molar-refractivity contribution in [2.24, 2.45) is 5.92 Å². The van der Waals surface area contributed by atoms with Crippen molar-refractivity contribution >= 4 is 11.9 Å². The molecule has 0 aromatic carbocycles.